The summed E-state index contributed by atoms with van der Waals surface area (Å²) in [5, 5.41) is 2.09. The van der Waals surface area contributed by atoms with Gasteiger partial charge in [-0.25, -0.2) is 0 Å². The molecule has 0 fully saturated rings. The van der Waals surface area contributed by atoms with E-state index in [4.69, 9.17) is 5.73 Å². The molecular weight excluding hydrogens is 190 g/mol. The van der Waals surface area contributed by atoms with Crippen LogP contribution in [0.5, 0.6) is 0 Å². The Hall–Kier alpha value is -1.28. The van der Waals surface area contributed by atoms with E-state index < -0.39 is 0 Å². The van der Waals surface area contributed by atoms with Gasteiger partial charge in [-0.2, -0.15) is 0 Å². The molecule has 0 bridgehead atoms. The van der Waals surface area contributed by atoms with Gasteiger partial charge in [0.05, 0.1) is 0 Å². The topological polar surface area (TPSA) is 26.0 Å². The fraction of sp³-hybridized carbons (Fsp3) is 0.167. The molecule has 0 spiro atoms. The predicted molar refractivity (Wildman–Crippen MR) is 63.6 cm³/mol. The molecular formula is C12H13NS. The van der Waals surface area contributed by atoms with Crippen LogP contribution in [-0.4, -0.2) is 0 Å². The molecule has 0 aliphatic rings. The number of benzene rings is 1. The maximum Gasteiger partial charge on any atom is 0.0350 e. The van der Waals surface area contributed by atoms with E-state index in [-0.39, 0.29) is 0 Å². The van der Waals surface area contributed by atoms with E-state index in [0.717, 1.165) is 11.3 Å². The average Bonchev–Trinajstić information content (AvgIpc) is 2.64. The summed E-state index contributed by atoms with van der Waals surface area (Å²) in [6.07, 6.45) is 0. The van der Waals surface area contributed by atoms with Gasteiger partial charge in [0.25, 0.3) is 0 Å². The lowest BCUT2D eigenvalue weighted by Crippen LogP contribution is -1.92. The minimum atomic E-state index is 0.874. The van der Waals surface area contributed by atoms with Crippen molar-refractivity contribution >= 4 is 17.0 Å². The summed E-state index contributed by atoms with van der Waals surface area (Å²) in [6.45, 7) is 4.17. The SMILES string of the molecule is Cc1cc(C)c(-c2cccs2)cc1N. The normalized spacial score (nSPS) is 10.4. The van der Waals surface area contributed by atoms with Crippen molar-refractivity contribution in [2.45, 2.75) is 13.8 Å². The Balaban J connectivity index is 2.60. The molecule has 72 valence electrons. The van der Waals surface area contributed by atoms with Crippen LogP contribution >= 0.6 is 11.3 Å². The number of nitrogen functional groups attached to an aromatic ring is 1. The van der Waals surface area contributed by atoms with E-state index in [1.807, 2.05) is 6.92 Å². The molecule has 0 radical (unpaired) electrons. The molecule has 0 atom stereocenters. The third-order valence-corrected chi connectivity index (χ3v) is 3.30. The summed E-state index contributed by atoms with van der Waals surface area (Å²) in [4.78, 5) is 1.29. The first-order valence-electron chi connectivity index (χ1n) is 4.59. The fourth-order valence-corrected chi connectivity index (χ4v) is 2.37. The molecule has 2 heteroatoms. The van der Waals surface area contributed by atoms with Crippen LogP contribution in [-0.2, 0) is 0 Å². The van der Waals surface area contributed by atoms with Gasteiger partial charge in [0.1, 0.15) is 0 Å². The van der Waals surface area contributed by atoms with E-state index in [2.05, 4.69) is 36.6 Å². The monoisotopic (exact) mass is 203 g/mol. The summed E-state index contributed by atoms with van der Waals surface area (Å²) in [7, 11) is 0. The van der Waals surface area contributed by atoms with E-state index in [1.54, 1.807) is 11.3 Å². The van der Waals surface area contributed by atoms with Gasteiger partial charge in [-0.15, -0.1) is 11.3 Å². The molecule has 1 aromatic carbocycles. The Bertz CT molecular complexity index is 444. The van der Waals surface area contributed by atoms with Crippen molar-refractivity contribution in [1.82, 2.24) is 0 Å². The van der Waals surface area contributed by atoms with Gasteiger partial charge in [0.2, 0.25) is 0 Å². The molecule has 0 unspecified atom stereocenters. The van der Waals surface area contributed by atoms with Crippen LogP contribution in [0.4, 0.5) is 5.69 Å². The van der Waals surface area contributed by atoms with E-state index in [9.17, 15) is 0 Å². The molecule has 1 aromatic heterocycles. The standard InChI is InChI=1S/C12H13NS/c1-8-6-9(2)11(13)7-10(8)12-4-3-5-14-12/h3-7H,13H2,1-2H3. The second-order valence-electron chi connectivity index (χ2n) is 3.50. The zero-order valence-corrected chi connectivity index (χ0v) is 9.19. The summed E-state index contributed by atoms with van der Waals surface area (Å²) in [6, 6.07) is 8.40. The van der Waals surface area contributed by atoms with Gasteiger partial charge >= 0.3 is 0 Å². The van der Waals surface area contributed by atoms with Gasteiger partial charge in [-0.05, 0) is 48.1 Å². The third-order valence-electron chi connectivity index (χ3n) is 2.40. The Morgan fingerprint density at radius 3 is 2.57 bits per heavy atom. The average molecular weight is 203 g/mol. The van der Waals surface area contributed by atoms with Gasteiger partial charge in [0, 0.05) is 10.6 Å². The lowest BCUT2D eigenvalue weighted by atomic mass is 10.0. The lowest BCUT2D eigenvalue weighted by Gasteiger charge is -2.07. The molecule has 0 saturated carbocycles. The number of nitrogens with two attached hydrogens (primary N) is 1. The van der Waals surface area contributed by atoms with Crippen LogP contribution in [0.25, 0.3) is 10.4 Å². The van der Waals surface area contributed by atoms with Crippen molar-refractivity contribution in [3.63, 3.8) is 0 Å². The first-order valence-corrected chi connectivity index (χ1v) is 5.47. The maximum absolute atomic E-state index is 5.90. The van der Waals surface area contributed by atoms with Crippen LogP contribution in [0.15, 0.2) is 29.6 Å². The number of thiophene rings is 1. The molecule has 0 aliphatic heterocycles. The molecule has 0 aliphatic carbocycles. The number of hydrogen-bond donors (Lipinski definition) is 1. The van der Waals surface area contributed by atoms with Crippen molar-refractivity contribution < 1.29 is 0 Å². The number of hydrogen-bond acceptors (Lipinski definition) is 2. The Labute approximate surface area is 88.2 Å². The molecule has 2 N–H and O–H groups in total. The maximum atomic E-state index is 5.90. The Morgan fingerprint density at radius 1 is 1.14 bits per heavy atom. The summed E-state index contributed by atoms with van der Waals surface area (Å²) < 4.78 is 0. The van der Waals surface area contributed by atoms with Crippen molar-refractivity contribution in [2.24, 2.45) is 0 Å². The zero-order valence-electron chi connectivity index (χ0n) is 8.37. The lowest BCUT2D eigenvalue weighted by molar-refractivity contribution is 1.39. The number of anilines is 1. The van der Waals surface area contributed by atoms with E-state index in [1.165, 1.54) is 16.0 Å². The van der Waals surface area contributed by atoms with Gasteiger partial charge in [-0.3, -0.25) is 0 Å². The van der Waals surface area contributed by atoms with Gasteiger partial charge in [-0.1, -0.05) is 12.1 Å². The summed E-state index contributed by atoms with van der Waals surface area (Å²) >= 11 is 1.75. The molecule has 0 amide bonds. The molecule has 1 nitrogen and oxygen atoms in total. The summed E-state index contributed by atoms with van der Waals surface area (Å²) in [5.74, 6) is 0. The van der Waals surface area contributed by atoms with Gasteiger partial charge < -0.3 is 5.73 Å². The highest BCUT2D eigenvalue weighted by Gasteiger charge is 2.05. The van der Waals surface area contributed by atoms with Crippen molar-refractivity contribution in [3.8, 4) is 10.4 Å². The van der Waals surface area contributed by atoms with Crippen LogP contribution in [0, 0.1) is 13.8 Å². The zero-order chi connectivity index (χ0) is 10.1. The first kappa shape index (κ1) is 9.28. The fourth-order valence-electron chi connectivity index (χ4n) is 1.57. The van der Waals surface area contributed by atoms with Crippen LogP contribution in [0.2, 0.25) is 0 Å². The highest BCUT2D eigenvalue weighted by Crippen LogP contribution is 2.30. The van der Waals surface area contributed by atoms with E-state index in [0.29, 0.717) is 0 Å². The van der Waals surface area contributed by atoms with E-state index >= 15 is 0 Å². The third kappa shape index (κ3) is 1.53. The largest absolute Gasteiger partial charge is 0.398 e. The predicted octanol–water partition coefficient (Wildman–Crippen LogP) is 3.61. The second kappa shape index (κ2) is 3.46. The molecule has 14 heavy (non-hydrogen) atoms. The van der Waals surface area contributed by atoms with Crippen LogP contribution in [0.3, 0.4) is 0 Å². The number of rotatable bonds is 1. The molecule has 1 heterocycles. The highest BCUT2D eigenvalue weighted by molar-refractivity contribution is 7.13. The van der Waals surface area contributed by atoms with Crippen LogP contribution in [0.1, 0.15) is 11.1 Å². The quantitative estimate of drug-likeness (QED) is 0.704. The summed E-state index contributed by atoms with van der Waals surface area (Å²) in [5.41, 5.74) is 10.5. The Kier molecular flexibility index (Phi) is 2.30. The minimum absolute atomic E-state index is 0.874. The molecule has 2 aromatic rings. The first-order chi connectivity index (χ1) is 6.68. The molecule has 2 rings (SSSR count). The minimum Gasteiger partial charge on any atom is -0.398 e. The van der Waals surface area contributed by atoms with Crippen molar-refractivity contribution in [2.75, 3.05) is 5.73 Å². The van der Waals surface area contributed by atoms with Crippen LogP contribution < -0.4 is 5.73 Å². The Morgan fingerprint density at radius 2 is 1.93 bits per heavy atom. The smallest absolute Gasteiger partial charge is 0.0350 e. The van der Waals surface area contributed by atoms with Crippen molar-refractivity contribution in [3.05, 3.63) is 40.8 Å². The highest BCUT2D eigenvalue weighted by atomic mass is 32.1. The number of aryl methyl sites for hydroxylation is 2. The van der Waals surface area contributed by atoms with Gasteiger partial charge in [0.15, 0.2) is 0 Å². The van der Waals surface area contributed by atoms with Crippen molar-refractivity contribution in [1.29, 1.82) is 0 Å². The molecule has 0 saturated heterocycles. The second-order valence-corrected chi connectivity index (χ2v) is 4.45.